The van der Waals surface area contributed by atoms with E-state index in [-0.39, 0.29) is 70.9 Å². The summed E-state index contributed by atoms with van der Waals surface area (Å²) in [5.74, 6) is -2.33. The van der Waals surface area contributed by atoms with Crippen LogP contribution in [0.3, 0.4) is 0 Å². The van der Waals surface area contributed by atoms with E-state index in [1.54, 1.807) is 6.07 Å². The molecule has 0 spiro atoms. The van der Waals surface area contributed by atoms with E-state index in [9.17, 15) is 29.4 Å². The number of likely N-dealkylation sites (tertiary alicyclic amines) is 2. The number of aliphatic imine (C=N–C) groups is 2. The van der Waals surface area contributed by atoms with Gasteiger partial charge in [0.15, 0.2) is 0 Å². The van der Waals surface area contributed by atoms with Gasteiger partial charge in [0, 0.05) is 62.5 Å². The van der Waals surface area contributed by atoms with Crippen molar-refractivity contribution in [1.29, 1.82) is 0 Å². The second-order valence-corrected chi connectivity index (χ2v) is 20.8. The van der Waals surface area contributed by atoms with Gasteiger partial charge in [0.05, 0.1) is 35.3 Å². The van der Waals surface area contributed by atoms with Crippen molar-refractivity contribution in [2.75, 3.05) is 25.0 Å². The molecule has 6 aromatic carbocycles. The van der Waals surface area contributed by atoms with Crippen LogP contribution in [0.5, 0.6) is 0 Å². The van der Waals surface area contributed by atoms with E-state index < -0.39 is 18.0 Å². The van der Waals surface area contributed by atoms with E-state index >= 15 is 0 Å². The summed E-state index contributed by atoms with van der Waals surface area (Å²) in [6, 6.07) is 52.5. The maximum Gasteiger partial charge on any atom is 0.328 e. The molecule has 0 saturated carbocycles. The molecule has 84 heavy (non-hydrogen) atoms. The molecular weight excluding hydrogens is 1210 g/mol. The second-order valence-electron chi connectivity index (χ2n) is 20.0. The van der Waals surface area contributed by atoms with E-state index in [4.69, 9.17) is 4.99 Å². The van der Waals surface area contributed by atoms with Gasteiger partial charge in [-0.05, 0) is 99.6 Å². The largest absolute Gasteiger partial charge is 0.625 e. The summed E-state index contributed by atoms with van der Waals surface area (Å²) in [6.07, 6.45) is 16.4. The molecule has 452 valence electrons. The first-order valence-corrected chi connectivity index (χ1v) is 29.4. The Morgan fingerprint density at radius 3 is 1.39 bits per heavy atom. The van der Waals surface area contributed by atoms with Crippen LogP contribution in [0, 0.1) is 0 Å². The van der Waals surface area contributed by atoms with Crippen LogP contribution in [-0.4, -0.2) is 98.3 Å². The van der Waals surface area contributed by atoms with Crippen molar-refractivity contribution in [1.82, 2.24) is 9.80 Å². The van der Waals surface area contributed by atoms with E-state index in [0.29, 0.717) is 53.4 Å². The minimum absolute atomic E-state index is 0. The maximum absolute atomic E-state index is 13.5. The van der Waals surface area contributed by atoms with Crippen LogP contribution in [0.1, 0.15) is 124 Å². The third-order valence-corrected chi connectivity index (χ3v) is 14.6. The Morgan fingerprint density at radius 2 is 0.964 bits per heavy atom. The Balaban J connectivity index is 0.000000382. The summed E-state index contributed by atoms with van der Waals surface area (Å²) < 4.78 is 0. The third kappa shape index (κ3) is 23.8. The monoisotopic (exact) mass is 1280 g/mol. The summed E-state index contributed by atoms with van der Waals surface area (Å²) in [5, 5.41) is 29.4. The van der Waals surface area contributed by atoms with E-state index in [1.165, 1.54) is 36.8 Å². The molecule has 2 aliphatic rings. The van der Waals surface area contributed by atoms with Crippen LogP contribution < -0.4 is 0 Å². The molecule has 15 heteroatoms. The zero-order valence-corrected chi connectivity index (χ0v) is 50.7. The fourth-order valence-corrected chi connectivity index (χ4v) is 10.3. The van der Waals surface area contributed by atoms with Crippen LogP contribution in [0.4, 0.5) is 11.4 Å². The van der Waals surface area contributed by atoms with Gasteiger partial charge in [-0.15, -0.1) is 24.5 Å². The minimum Gasteiger partial charge on any atom is -0.625 e. The van der Waals surface area contributed by atoms with Crippen molar-refractivity contribution in [2.45, 2.75) is 122 Å². The number of carbonyl (C=O) groups is 4. The van der Waals surface area contributed by atoms with Gasteiger partial charge in [-0.1, -0.05) is 225 Å². The molecule has 2 N–H and O–H groups in total. The molecule has 2 unspecified atom stereocenters. The summed E-state index contributed by atoms with van der Waals surface area (Å²) in [4.78, 5) is 63.7. The molecule has 8 rings (SSSR count). The van der Waals surface area contributed by atoms with Gasteiger partial charge >= 0.3 is 11.9 Å². The zero-order valence-electron chi connectivity index (χ0n) is 47.1. The number of benzene rings is 6. The molecule has 2 amide bonds. The molecule has 0 aliphatic carbocycles. The van der Waals surface area contributed by atoms with Gasteiger partial charge in [0.1, 0.15) is 12.6 Å². The number of carbonyl (C=O) groups excluding carboxylic acids is 2. The Morgan fingerprint density at radius 1 is 0.560 bits per heavy atom. The maximum atomic E-state index is 13.5. The number of carboxylic acid groups (broad SMARTS) is 2. The van der Waals surface area contributed by atoms with Crippen molar-refractivity contribution >= 4 is 62.5 Å². The van der Waals surface area contributed by atoms with Crippen LogP contribution >= 0.6 is 15.9 Å². The van der Waals surface area contributed by atoms with Crippen LogP contribution in [0.15, 0.2) is 205 Å². The zero-order chi connectivity index (χ0) is 57.4. The number of halogens is 1. The number of alkyl halides is 1. The number of allylic oxidation sites excluding steroid dienone is 2. The van der Waals surface area contributed by atoms with Gasteiger partial charge in [-0.2, -0.15) is 0 Å². The Kier molecular flexibility index (Phi) is 34.7. The smallest absolute Gasteiger partial charge is 0.328 e. The fourth-order valence-electron chi connectivity index (χ4n) is 9.89. The number of unbranched alkanes of at least 4 members (excludes halogenated alkanes) is 6. The quantitative estimate of drug-likeness (QED) is 0.0169. The van der Waals surface area contributed by atoms with Gasteiger partial charge in [-0.3, -0.25) is 24.6 Å². The number of hydrogen-bond acceptors (Lipinski definition) is 8. The molecular formula is C69H81BrN6Ni2O6-2. The van der Waals surface area contributed by atoms with Crippen LogP contribution in [-0.2, 0) is 65.3 Å². The topological polar surface area (TPSA) is 168 Å². The predicted molar refractivity (Wildman–Crippen MR) is 339 cm³/mol. The van der Waals surface area contributed by atoms with E-state index in [1.807, 2.05) is 152 Å². The molecule has 6 aromatic rings. The Bertz CT molecular complexity index is 2970. The SMILES string of the molecule is C.C=CCCCCCBr.C=CCCCCC[C@H](N=C(c1ccccc1)c1ccccc1[N-]C(=O)C1CCCN1Cc1ccccc1)C(=O)O.O=C(O)CN=C(c1ccccc1)c1ccccc1[N-]C(=O)C1CCCN1Cc1ccccc1.[Ni].[Ni]. The van der Waals surface area contributed by atoms with Crippen molar-refractivity contribution in [3.8, 4) is 0 Å². The molecule has 2 saturated heterocycles. The molecule has 12 nitrogen and oxygen atoms in total. The van der Waals surface area contributed by atoms with Gasteiger partial charge in [0.2, 0.25) is 0 Å². The minimum atomic E-state index is -1.02. The van der Waals surface area contributed by atoms with E-state index in [2.05, 4.69) is 78.8 Å². The molecule has 0 radical (unpaired) electrons. The van der Waals surface area contributed by atoms with Crippen molar-refractivity contribution in [3.05, 3.63) is 239 Å². The number of para-hydroxylation sites is 2. The summed E-state index contributed by atoms with van der Waals surface area (Å²) in [6.45, 7) is 10.2. The van der Waals surface area contributed by atoms with Crippen molar-refractivity contribution < 1.29 is 62.4 Å². The second kappa shape index (κ2) is 40.6. The summed E-state index contributed by atoms with van der Waals surface area (Å²) in [7, 11) is 0. The van der Waals surface area contributed by atoms with Gasteiger partial charge in [-0.25, -0.2) is 4.79 Å². The first-order valence-electron chi connectivity index (χ1n) is 28.3. The van der Waals surface area contributed by atoms with E-state index in [0.717, 1.165) is 80.9 Å². The van der Waals surface area contributed by atoms with Crippen LogP contribution in [0.2, 0.25) is 0 Å². The molecule has 2 aliphatic heterocycles. The number of amides is 2. The van der Waals surface area contributed by atoms with Crippen molar-refractivity contribution in [2.24, 2.45) is 9.98 Å². The fraction of sp³-hybridized carbons (Fsp3) is 0.333. The Labute approximate surface area is 527 Å². The summed E-state index contributed by atoms with van der Waals surface area (Å²) >= 11 is 3.38. The number of carboxylic acids is 2. The predicted octanol–water partition coefficient (Wildman–Crippen LogP) is 15.9. The normalized spacial score (nSPS) is 15.2. The van der Waals surface area contributed by atoms with Crippen LogP contribution in [0.25, 0.3) is 10.6 Å². The number of aliphatic carboxylic acids is 2. The molecule has 0 bridgehead atoms. The first-order chi connectivity index (χ1) is 39.6. The first kappa shape index (κ1) is 71.7. The average Bonchev–Trinajstić information content (AvgIpc) is 4.24. The van der Waals surface area contributed by atoms with Gasteiger partial charge < -0.3 is 30.4 Å². The van der Waals surface area contributed by atoms with Crippen molar-refractivity contribution in [3.63, 3.8) is 0 Å². The Hall–Kier alpha value is -6.59. The summed E-state index contributed by atoms with van der Waals surface area (Å²) in [5.41, 5.74) is 7.28. The average molecular weight is 1290 g/mol. The molecule has 2 heterocycles. The number of rotatable bonds is 27. The third-order valence-electron chi connectivity index (χ3n) is 14.0. The van der Waals surface area contributed by atoms with Gasteiger partial charge in [0.25, 0.3) is 0 Å². The number of nitrogens with zero attached hydrogens (tertiary/aromatic N) is 6. The molecule has 0 aromatic heterocycles. The standard InChI is InChI=1S/C34H39N3O3.C27H27N3O3.C7H13Br.CH4.2Ni/c1-2-3-4-5-12-22-30(34(39)40)35-32(27-18-10-7-11-19-27)28-20-13-14-21-29(28)36-33(38)31-23-15-24-37(31)25-26-16-8-6-9-17-26;31-25(32)18-28-26(21-12-5-2-6-13-21)22-14-7-8-15-23(22)29-27(33)24-16-9-17-30(24)19-20-10-3-1-4-11-20;1-2-3-4-5-6-7-8;;;/h2,6-11,13-14,16-21,30-31H,1,3-5,12,15,22-25H2,(H2,35,36,38,39,40);1-8,10-15,24H,9,16-19H2,(H2,28,29,31,32,33);2H,1,3-7H2;1H4;;/p-2/t30-,31?;;;;;/m0...../s1. The molecule has 3 atom stereocenters. The molecule has 2 fully saturated rings. The number of hydrogen-bond donors (Lipinski definition) is 2.